The van der Waals surface area contributed by atoms with E-state index in [1.165, 1.54) is 77.0 Å². The fraction of sp³-hybridized carbons (Fsp3) is 0.756. The van der Waals surface area contributed by atoms with Gasteiger partial charge in [-0.3, -0.25) is 14.4 Å². The lowest BCUT2D eigenvalue weighted by Gasteiger charge is -2.28. The Labute approximate surface area is 320 Å². The summed E-state index contributed by atoms with van der Waals surface area (Å²) in [6.45, 7) is 5.70. The first-order valence-corrected chi connectivity index (χ1v) is 21.2. The molecule has 0 aromatic carbocycles. The van der Waals surface area contributed by atoms with E-state index >= 15 is 0 Å². The SMILES string of the molecule is CCCCC/C=C\C/C=C\CCCCCCCC(=O)OCCN(CCOC(=O)CCCCCCC/C=C\C/C=C\CCCCC)C(=O)C[N+](C)(C)C. The molecule has 0 aliphatic heterocycles. The summed E-state index contributed by atoms with van der Waals surface area (Å²) in [6.07, 6.45) is 44.1. The first-order chi connectivity index (χ1) is 25.2. The Bertz CT molecular complexity index is 915. The minimum absolute atomic E-state index is 0.0398. The van der Waals surface area contributed by atoms with Crippen molar-refractivity contribution in [2.45, 2.75) is 168 Å². The number of likely N-dealkylation sites (N-methyl/N-ethyl adjacent to an activating group) is 1. The van der Waals surface area contributed by atoms with Gasteiger partial charge in [-0.05, 0) is 77.0 Å². The molecule has 0 heterocycles. The van der Waals surface area contributed by atoms with Gasteiger partial charge in [0.25, 0.3) is 5.91 Å². The van der Waals surface area contributed by atoms with Crippen LogP contribution in [0.2, 0.25) is 0 Å². The number of hydrogen-bond donors (Lipinski definition) is 0. The maximum atomic E-state index is 13.0. The number of carbonyl (C=O) groups is 3. The van der Waals surface area contributed by atoms with Crippen LogP contribution >= 0.6 is 0 Å². The quantitative estimate of drug-likeness (QED) is 0.0278. The molecule has 0 atom stereocenters. The number of allylic oxidation sites excluding steroid dienone is 8. The number of ether oxygens (including phenoxy) is 2. The zero-order valence-electron chi connectivity index (χ0n) is 34.6. The van der Waals surface area contributed by atoms with Crippen molar-refractivity contribution >= 4 is 17.8 Å². The summed E-state index contributed by atoms with van der Waals surface area (Å²) in [5.74, 6) is -0.468. The Balaban J connectivity index is 4.07. The molecule has 0 fully saturated rings. The van der Waals surface area contributed by atoms with E-state index in [4.69, 9.17) is 9.47 Å². The van der Waals surface area contributed by atoms with Crippen LogP contribution in [-0.4, -0.2) is 81.2 Å². The van der Waals surface area contributed by atoms with E-state index in [9.17, 15) is 14.4 Å². The van der Waals surface area contributed by atoms with Crippen molar-refractivity contribution < 1.29 is 28.3 Å². The number of esters is 2. The van der Waals surface area contributed by atoms with Gasteiger partial charge in [0.05, 0.1) is 34.2 Å². The Morgan fingerprint density at radius 2 is 0.827 bits per heavy atom. The standard InChI is InChI=1S/C45H81N2O5/c1-6-8-10-12-14-16-18-20-22-24-26-28-30-32-34-36-44(49)51-40-38-46(43(48)42-47(3,4)5)39-41-52-45(50)37-35-33-31-29-27-25-23-21-19-17-15-13-11-9-7-2/h14-17,20-23H,6-13,18-19,24-42H2,1-5H3/q+1/b16-14-,17-15-,22-20-,23-21-. The zero-order valence-corrected chi connectivity index (χ0v) is 34.6. The van der Waals surface area contributed by atoms with Crippen LogP contribution in [0.5, 0.6) is 0 Å². The topological polar surface area (TPSA) is 72.9 Å². The first-order valence-electron chi connectivity index (χ1n) is 21.2. The molecule has 0 saturated heterocycles. The predicted molar refractivity (Wildman–Crippen MR) is 220 cm³/mol. The molecular weight excluding hydrogens is 649 g/mol. The Hall–Kier alpha value is -2.67. The van der Waals surface area contributed by atoms with Crippen LogP contribution in [0.3, 0.4) is 0 Å². The van der Waals surface area contributed by atoms with Gasteiger partial charge in [-0.1, -0.05) is 127 Å². The third-order valence-corrected chi connectivity index (χ3v) is 8.87. The minimum atomic E-state index is -0.214. The van der Waals surface area contributed by atoms with Crippen LogP contribution in [0.4, 0.5) is 0 Å². The molecule has 7 nitrogen and oxygen atoms in total. The molecular formula is C45H81N2O5+. The van der Waals surface area contributed by atoms with Gasteiger partial charge < -0.3 is 18.9 Å². The van der Waals surface area contributed by atoms with Crippen molar-refractivity contribution in [1.82, 2.24) is 4.90 Å². The highest BCUT2D eigenvalue weighted by molar-refractivity contribution is 5.77. The van der Waals surface area contributed by atoms with Crippen molar-refractivity contribution in [2.24, 2.45) is 0 Å². The van der Waals surface area contributed by atoms with Gasteiger partial charge in [0.2, 0.25) is 0 Å². The van der Waals surface area contributed by atoms with Gasteiger partial charge in [0.1, 0.15) is 13.2 Å². The summed E-state index contributed by atoms with van der Waals surface area (Å²) < 4.78 is 11.4. The van der Waals surface area contributed by atoms with Gasteiger partial charge in [0, 0.05) is 12.8 Å². The molecule has 0 bridgehead atoms. The van der Waals surface area contributed by atoms with Gasteiger partial charge in [0.15, 0.2) is 6.54 Å². The number of carbonyl (C=O) groups excluding carboxylic acids is 3. The smallest absolute Gasteiger partial charge is 0.305 e. The molecule has 1 amide bonds. The molecule has 0 radical (unpaired) electrons. The Morgan fingerprint density at radius 3 is 1.19 bits per heavy atom. The van der Waals surface area contributed by atoms with E-state index in [0.29, 0.717) is 37.0 Å². The van der Waals surface area contributed by atoms with Crippen LogP contribution in [0, 0.1) is 0 Å². The highest BCUT2D eigenvalue weighted by Crippen LogP contribution is 2.11. The highest BCUT2D eigenvalue weighted by atomic mass is 16.5. The summed E-state index contributed by atoms with van der Waals surface area (Å²) in [4.78, 5) is 39.3. The average Bonchev–Trinajstić information content (AvgIpc) is 3.10. The second-order valence-corrected chi connectivity index (χ2v) is 15.2. The molecule has 0 aromatic heterocycles. The van der Waals surface area contributed by atoms with E-state index in [2.05, 4.69) is 62.5 Å². The van der Waals surface area contributed by atoms with Crippen LogP contribution in [-0.2, 0) is 23.9 Å². The lowest BCUT2D eigenvalue weighted by molar-refractivity contribution is -0.862. The second kappa shape index (κ2) is 36.7. The second-order valence-electron chi connectivity index (χ2n) is 15.2. The Morgan fingerprint density at radius 1 is 0.481 bits per heavy atom. The minimum Gasteiger partial charge on any atom is -0.464 e. The molecule has 7 heteroatoms. The van der Waals surface area contributed by atoms with Crippen molar-refractivity contribution in [3.63, 3.8) is 0 Å². The number of nitrogens with zero attached hydrogens (tertiary/aromatic N) is 2. The third-order valence-electron chi connectivity index (χ3n) is 8.87. The number of unbranched alkanes of at least 4 members (excludes halogenated alkanes) is 16. The molecule has 300 valence electrons. The largest absolute Gasteiger partial charge is 0.464 e. The summed E-state index contributed by atoms with van der Waals surface area (Å²) in [5.41, 5.74) is 0. The van der Waals surface area contributed by atoms with E-state index in [1.807, 2.05) is 21.1 Å². The van der Waals surface area contributed by atoms with E-state index in [1.54, 1.807) is 4.90 Å². The predicted octanol–water partition coefficient (Wildman–Crippen LogP) is 11.2. The maximum absolute atomic E-state index is 13.0. The summed E-state index contributed by atoms with van der Waals surface area (Å²) in [7, 11) is 5.90. The average molecular weight is 730 g/mol. The van der Waals surface area contributed by atoms with Crippen molar-refractivity contribution in [3.05, 3.63) is 48.6 Å². The molecule has 0 aliphatic rings. The third kappa shape index (κ3) is 37.1. The van der Waals surface area contributed by atoms with Crippen molar-refractivity contribution in [1.29, 1.82) is 0 Å². The summed E-state index contributed by atoms with van der Waals surface area (Å²) in [5, 5.41) is 0. The number of hydrogen-bond acceptors (Lipinski definition) is 5. The molecule has 0 aromatic rings. The lowest BCUT2D eigenvalue weighted by atomic mass is 10.1. The van der Waals surface area contributed by atoms with Gasteiger partial charge in [-0.25, -0.2) is 0 Å². The van der Waals surface area contributed by atoms with Crippen molar-refractivity contribution in [3.8, 4) is 0 Å². The lowest BCUT2D eigenvalue weighted by Crippen LogP contribution is -2.48. The fourth-order valence-electron chi connectivity index (χ4n) is 5.71. The van der Waals surface area contributed by atoms with Crippen LogP contribution in [0.1, 0.15) is 168 Å². The molecule has 0 spiro atoms. The molecule has 0 rings (SSSR count). The van der Waals surface area contributed by atoms with Crippen molar-refractivity contribution in [2.75, 3.05) is 54.0 Å². The number of amides is 1. The van der Waals surface area contributed by atoms with E-state index in [-0.39, 0.29) is 31.1 Å². The number of rotatable bonds is 36. The summed E-state index contributed by atoms with van der Waals surface area (Å²) >= 11 is 0. The summed E-state index contributed by atoms with van der Waals surface area (Å²) in [6, 6.07) is 0. The van der Waals surface area contributed by atoms with Crippen LogP contribution < -0.4 is 0 Å². The fourth-order valence-corrected chi connectivity index (χ4v) is 5.71. The monoisotopic (exact) mass is 730 g/mol. The molecule has 0 unspecified atom stereocenters. The van der Waals surface area contributed by atoms with E-state index in [0.717, 1.165) is 64.2 Å². The molecule has 52 heavy (non-hydrogen) atoms. The molecule has 0 aliphatic carbocycles. The van der Waals surface area contributed by atoms with Gasteiger partial charge >= 0.3 is 11.9 Å². The van der Waals surface area contributed by atoms with Gasteiger partial charge in [-0.15, -0.1) is 0 Å². The molecule has 0 N–H and O–H groups in total. The van der Waals surface area contributed by atoms with E-state index < -0.39 is 0 Å². The number of quaternary nitrogens is 1. The maximum Gasteiger partial charge on any atom is 0.305 e. The Kier molecular flexibility index (Phi) is 34.8. The van der Waals surface area contributed by atoms with Crippen LogP contribution in [0.15, 0.2) is 48.6 Å². The normalized spacial score (nSPS) is 12.2. The molecule has 0 saturated carbocycles. The first kappa shape index (κ1) is 49.3. The highest BCUT2D eigenvalue weighted by Gasteiger charge is 2.21. The zero-order chi connectivity index (χ0) is 38.4. The van der Waals surface area contributed by atoms with Gasteiger partial charge in [-0.2, -0.15) is 0 Å². The van der Waals surface area contributed by atoms with Crippen LogP contribution in [0.25, 0.3) is 0 Å².